The van der Waals surface area contributed by atoms with Gasteiger partial charge in [0, 0.05) is 26.9 Å². The summed E-state index contributed by atoms with van der Waals surface area (Å²) in [6.07, 6.45) is 1.68. The normalized spacial score (nSPS) is 12.0. The number of esters is 1. The van der Waals surface area contributed by atoms with Crippen LogP contribution in [0, 0.1) is 0 Å². The molecule has 0 saturated heterocycles. The maximum absolute atomic E-state index is 12.9. The van der Waals surface area contributed by atoms with Crippen LogP contribution in [0.4, 0.5) is 0 Å². The number of carbonyl (C=O) groups is 1. The third kappa shape index (κ3) is 6.73. The highest BCUT2D eigenvalue weighted by atomic mass is 32.2. The predicted octanol–water partition coefficient (Wildman–Crippen LogP) is 5.78. The fourth-order valence-corrected chi connectivity index (χ4v) is 5.58. The number of hydrogen-bond acceptors (Lipinski definition) is 8. The molecule has 0 fully saturated rings. The molecule has 206 valence electrons. The van der Waals surface area contributed by atoms with Gasteiger partial charge < -0.3 is 14.2 Å². The number of nitrogens with zero attached hydrogens (tertiary/aromatic N) is 3. The number of methoxy groups -OCH3 is 1. The Hall–Kier alpha value is -3.54. The molecule has 2 aromatic heterocycles. The first-order valence-electron chi connectivity index (χ1n) is 12.6. The van der Waals surface area contributed by atoms with Crippen LogP contribution < -0.4 is 4.74 Å². The van der Waals surface area contributed by atoms with Gasteiger partial charge in [0.2, 0.25) is 0 Å². The van der Waals surface area contributed by atoms with Crippen LogP contribution in [-0.2, 0) is 26.0 Å². The van der Waals surface area contributed by atoms with Gasteiger partial charge in [-0.3, -0.25) is 9.55 Å². The first-order chi connectivity index (χ1) is 18.5. The molecule has 4 rings (SSSR count). The van der Waals surface area contributed by atoms with Crippen molar-refractivity contribution in [1.29, 1.82) is 0 Å². The number of benzene rings is 2. The van der Waals surface area contributed by atoms with Gasteiger partial charge in [0.1, 0.15) is 23.9 Å². The summed E-state index contributed by atoms with van der Waals surface area (Å²) in [6, 6.07) is 16.0. The average Bonchev–Trinajstić information content (AvgIpc) is 3.28. The van der Waals surface area contributed by atoms with E-state index in [4.69, 9.17) is 19.2 Å². The van der Waals surface area contributed by atoms with Gasteiger partial charge in [0.25, 0.3) is 0 Å². The Balaban J connectivity index is 1.77. The molecule has 4 aromatic rings. The largest absolute Gasteiger partial charge is 0.465 e. The molecular weight excluding hydrogens is 534 g/mol. The fraction of sp³-hybridized carbons (Fsp3) is 0.321. The number of ether oxygens (including phenoxy) is 3. The zero-order chi connectivity index (χ0) is 28.2. The Kier molecular flexibility index (Phi) is 8.53. The van der Waals surface area contributed by atoms with Crippen molar-refractivity contribution in [3.05, 3.63) is 66.4 Å². The number of aromatic nitrogens is 3. The van der Waals surface area contributed by atoms with Crippen molar-refractivity contribution in [2.24, 2.45) is 0 Å². The summed E-state index contributed by atoms with van der Waals surface area (Å²) in [5.41, 5.74) is 1.95. The minimum absolute atomic E-state index is 0.00941. The van der Waals surface area contributed by atoms with E-state index in [1.54, 1.807) is 37.4 Å². The molecule has 0 saturated carbocycles. The lowest BCUT2D eigenvalue weighted by atomic mass is 10.1. The molecular formula is C28H33N3O6SSi. The molecule has 0 aliphatic carbocycles. The quantitative estimate of drug-likeness (QED) is 0.127. The average molecular weight is 568 g/mol. The molecule has 2 heterocycles. The molecule has 0 aliphatic rings. The van der Waals surface area contributed by atoms with Gasteiger partial charge in [-0.05, 0) is 48.5 Å². The molecule has 0 spiro atoms. The van der Waals surface area contributed by atoms with E-state index >= 15 is 0 Å². The molecule has 0 atom stereocenters. The van der Waals surface area contributed by atoms with Gasteiger partial charge in [-0.25, -0.2) is 18.2 Å². The molecule has 0 unspecified atom stereocenters. The lowest BCUT2D eigenvalue weighted by Gasteiger charge is -2.17. The van der Waals surface area contributed by atoms with Gasteiger partial charge in [0.15, 0.2) is 15.7 Å². The lowest BCUT2D eigenvalue weighted by molar-refractivity contribution is 0.0600. The summed E-state index contributed by atoms with van der Waals surface area (Å²) in [5, 5.41) is 0. The van der Waals surface area contributed by atoms with Crippen LogP contribution in [-0.4, -0.2) is 56.5 Å². The van der Waals surface area contributed by atoms with Crippen LogP contribution >= 0.6 is 0 Å². The van der Waals surface area contributed by atoms with Crippen molar-refractivity contribution in [3.63, 3.8) is 0 Å². The third-order valence-corrected chi connectivity index (χ3v) is 9.58. The molecule has 0 amide bonds. The molecule has 11 heteroatoms. The number of rotatable bonds is 11. The van der Waals surface area contributed by atoms with Crippen molar-refractivity contribution in [2.75, 3.05) is 19.5 Å². The third-order valence-electron chi connectivity index (χ3n) is 6.13. The predicted molar refractivity (Wildman–Crippen MR) is 153 cm³/mol. The zero-order valence-electron chi connectivity index (χ0n) is 22.8. The van der Waals surface area contributed by atoms with Crippen LogP contribution in [0.5, 0.6) is 11.5 Å². The van der Waals surface area contributed by atoms with Crippen molar-refractivity contribution >= 4 is 34.9 Å². The Morgan fingerprint density at radius 3 is 2.38 bits per heavy atom. The Labute approximate surface area is 229 Å². The maximum Gasteiger partial charge on any atom is 0.340 e. The monoisotopic (exact) mass is 567 g/mol. The molecule has 9 nitrogen and oxygen atoms in total. The second-order valence-electron chi connectivity index (χ2n) is 10.2. The summed E-state index contributed by atoms with van der Waals surface area (Å²) in [7, 11) is -3.30. The van der Waals surface area contributed by atoms with Crippen molar-refractivity contribution in [2.45, 2.75) is 44.2 Å². The lowest BCUT2D eigenvalue weighted by Crippen LogP contribution is -2.22. The Morgan fingerprint density at radius 1 is 1.03 bits per heavy atom. The number of carbonyl (C=O) groups excluding carboxylic acids is 1. The molecule has 2 aromatic carbocycles. The second kappa shape index (κ2) is 11.7. The number of fused-ring (bicyclic) bond motifs is 1. The van der Waals surface area contributed by atoms with E-state index < -0.39 is 23.9 Å². The number of pyridine rings is 1. The molecule has 39 heavy (non-hydrogen) atoms. The summed E-state index contributed by atoms with van der Waals surface area (Å²) in [4.78, 5) is 22.4. The Morgan fingerprint density at radius 2 is 1.77 bits per heavy atom. The van der Waals surface area contributed by atoms with E-state index in [1.165, 1.54) is 19.2 Å². The highest BCUT2D eigenvalue weighted by Gasteiger charge is 2.23. The summed E-state index contributed by atoms with van der Waals surface area (Å²) in [5.74, 6) is 0.779. The SMILES string of the molecule is CCS(=O)(=O)c1ccc(Oc2cc(C(=O)OC)c3c(c2)nc(-c2ccccn2)n3COCC[Si](C)(C)C)cc1. The standard InChI is InChI=1S/C28H33N3O6SSi/c1-6-38(33,34)22-12-10-20(11-13-22)37-21-17-23(28(32)35-2)26-25(18-21)30-27(24-9-7-8-14-29-24)31(26)19-36-15-16-39(3,4)5/h7-14,17-18H,6,15-16,19H2,1-5H3. The molecule has 0 N–H and O–H groups in total. The number of sulfone groups is 1. The van der Waals surface area contributed by atoms with Gasteiger partial charge >= 0.3 is 5.97 Å². The smallest absolute Gasteiger partial charge is 0.340 e. The topological polar surface area (TPSA) is 110 Å². The van der Waals surface area contributed by atoms with Gasteiger partial charge in [-0.1, -0.05) is 32.6 Å². The highest BCUT2D eigenvalue weighted by molar-refractivity contribution is 7.91. The van der Waals surface area contributed by atoms with Gasteiger partial charge in [-0.2, -0.15) is 0 Å². The zero-order valence-corrected chi connectivity index (χ0v) is 24.6. The van der Waals surface area contributed by atoms with Gasteiger partial charge in [-0.15, -0.1) is 0 Å². The van der Waals surface area contributed by atoms with E-state index in [9.17, 15) is 13.2 Å². The second-order valence-corrected chi connectivity index (χ2v) is 18.1. The first kappa shape index (κ1) is 28.5. The molecule has 0 bridgehead atoms. The minimum atomic E-state index is -3.33. The minimum Gasteiger partial charge on any atom is -0.465 e. The van der Waals surface area contributed by atoms with Crippen LogP contribution in [0.1, 0.15) is 17.3 Å². The van der Waals surface area contributed by atoms with Crippen LogP contribution in [0.2, 0.25) is 25.7 Å². The summed E-state index contributed by atoms with van der Waals surface area (Å²) in [6.45, 7) is 9.24. The maximum atomic E-state index is 12.9. The van der Waals surface area contributed by atoms with Crippen LogP contribution in [0.3, 0.4) is 0 Å². The van der Waals surface area contributed by atoms with Crippen LogP contribution in [0.25, 0.3) is 22.6 Å². The summed E-state index contributed by atoms with van der Waals surface area (Å²) < 4.78 is 43.3. The van der Waals surface area contributed by atoms with Gasteiger partial charge in [0.05, 0.1) is 34.4 Å². The van der Waals surface area contributed by atoms with E-state index in [1.807, 2.05) is 22.8 Å². The van der Waals surface area contributed by atoms with E-state index in [0.29, 0.717) is 40.7 Å². The molecule has 0 aliphatic heterocycles. The van der Waals surface area contributed by atoms with Crippen molar-refractivity contribution in [3.8, 4) is 23.0 Å². The highest BCUT2D eigenvalue weighted by Crippen LogP contribution is 2.33. The summed E-state index contributed by atoms with van der Waals surface area (Å²) >= 11 is 0. The van der Waals surface area contributed by atoms with E-state index in [2.05, 4.69) is 24.6 Å². The first-order valence-corrected chi connectivity index (χ1v) is 18.0. The number of hydrogen-bond donors (Lipinski definition) is 0. The van der Waals surface area contributed by atoms with Crippen molar-refractivity contribution in [1.82, 2.24) is 14.5 Å². The van der Waals surface area contributed by atoms with E-state index in [-0.39, 0.29) is 22.9 Å². The van der Waals surface area contributed by atoms with Crippen molar-refractivity contribution < 1.29 is 27.4 Å². The molecule has 0 radical (unpaired) electrons. The van der Waals surface area contributed by atoms with Crippen LogP contribution in [0.15, 0.2) is 65.7 Å². The fourth-order valence-electron chi connectivity index (χ4n) is 3.94. The Bertz CT molecular complexity index is 1560. The van der Waals surface area contributed by atoms with E-state index in [0.717, 1.165) is 6.04 Å². The number of imidazole rings is 1.